The van der Waals surface area contributed by atoms with Crippen LogP contribution in [0.3, 0.4) is 0 Å². The van der Waals surface area contributed by atoms with E-state index in [4.69, 9.17) is 5.21 Å². The summed E-state index contributed by atoms with van der Waals surface area (Å²) in [5, 5.41) is 12.9. The van der Waals surface area contributed by atoms with Crippen LogP contribution in [0.25, 0.3) is 10.9 Å². The summed E-state index contributed by atoms with van der Waals surface area (Å²) in [4.78, 5) is 26.4. The maximum absolute atomic E-state index is 12.8. The van der Waals surface area contributed by atoms with Crippen molar-refractivity contribution in [3.63, 3.8) is 0 Å². The molecule has 4 rings (SSSR count). The number of carbonyl (C=O) groups is 2. The number of rotatable bonds is 4. The van der Waals surface area contributed by atoms with Crippen molar-refractivity contribution in [2.45, 2.75) is 18.9 Å². The highest BCUT2D eigenvalue weighted by atomic mass is 16.5. The quantitative estimate of drug-likeness (QED) is 0.471. The number of nitrogens with one attached hydrogen (secondary N) is 2. The maximum Gasteiger partial charge on any atom is 0.274 e. The molecule has 1 aromatic heterocycles. The molecular weight excluding hydrogens is 368 g/mol. The van der Waals surface area contributed by atoms with Crippen LogP contribution in [0.2, 0.25) is 0 Å². The minimum absolute atomic E-state index is 0.0403. The van der Waals surface area contributed by atoms with E-state index in [-0.39, 0.29) is 11.9 Å². The van der Waals surface area contributed by atoms with Gasteiger partial charge in [-0.3, -0.25) is 14.8 Å². The Morgan fingerprint density at radius 2 is 1.69 bits per heavy atom. The van der Waals surface area contributed by atoms with Crippen LogP contribution < -0.4 is 15.7 Å². The van der Waals surface area contributed by atoms with Gasteiger partial charge in [-0.25, -0.2) is 5.48 Å². The van der Waals surface area contributed by atoms with Crippen LogP contribution in [0.4, 0.5) is 5.69 Å². The molecule has 0 unspecified atom stereocenters. The molecular formula is C22H24N4O3. The van der Waals surface area contributed by atoms with Gasteiger partial charge < -0.3 is 14.8 Å². The molecule has 3 N–H and O–H groups in total. The Hall–Kier alpha value is -3.32. The van der Waals surface area contributed by atoms with Gasteiger partial charge in [0.1, 0.15) is 5.69 Å². The highest BCUT2D eigenvalue weighted by Crippen LogP contribution is 2.22. The first-order chi connectivity index (χ1) is 14.1. The lowest BCUT2D eigenvalue weighted by Crippen LogP contribution is -2.45. The monoisotopic (exact) mass is 392 g/mol. The van der Waals surface area contributed by atoms with Crippen LogP contribution in [0.15, 0.2) is 54.6 Å². The molecule has 29 heavy (non-hydrogen) atoms. The fourth-order valence-corrected chi connectivity index (χ4v) is 3.94. The fraction of sp³-hybridized carbons (Fsp3) is 0.273. The number of amides is 2. The number of piperidine rings is 1. The summed E-state index contributed by atoms with van der Waals surface area (Å²) in [6.45, 7) is 1.65. The van der Waals surface area contributed by atoms with Crippen molar-refractivity contribution in [2.75, 3.05) is 18.0 Å². The summed E-state index contributed by atoms with van der Waals surface area (Å²) in [7, 11) is 1.92. The predicted octanol–water partition coefficient (Wildman–Crippen LogP) is 2.70. The summed E-state index contributed by atoms with van der Waals surface area (Å²) >= 11 is 0. The zero-order chi connectivity index (χ0) is 20.4. The first-order valence-electron chi connectivity index (χ1n) is 9.71. The van der Waals surface area contributed by atoms with E-state index in [2.05, 4.69) is 10.2 Å². The van der Waals surface area contributed by atoms with E-state index in [1.54, 1.807) is 17.6 Å². The van der Waals surface area contributed by atoms with E-state index in [0.717, 1.165) is 42.5 Å². The van der Waals surface area contributed by atoms with Gasteiger partial charge in [0.05, 0.1) is 0 Å². The standard InChI is InChI=1S/C22H24N4O3/c1-25-19-5-3-2-4-16(19)14-20(25)22(28)23-17-10-12-26(13-11-17)18-8-6-15(7-9-18)21(27)24-29/h2-9,14,17,29H,10-13H2,1H3,(H,23,28)(H,24,27). The molecule has 2 aromatic carbocycles. The van der Waals surface area contributed by atoms with E-state index in [0.29, 0.717) is 11.3 Å². The van der Waals surface area contributed by atoms with Crippen molar-refractivity contribution in [1.82, 2.24) is 15.4 Å². The van der Waals surface area contributed by atoms with Crippen molar-refractivity contribution in [1.29, 1.82) is 0 Å². The molecule has 7 nitrogen and oxygen atoms in total. The third kappa shape index (κ3) is 3.82. The average Bonchev–Trinajstić information content (AvgIpc) is 3.11. The van der Waals surface area contributed by atoms with Crippen molar-refractivity contribution in [3.05, 3.63) is 65.9 Å². The van der Waals surface area contributed by atoms with Crippen LogP contribution >= 0.6 is 0 Å². The largest absolute Gasteiger partial charge is 0.371 e. The zero-order valence-corrected chi connectivity index (χ0v) is 16.3. The number of nitrogens with zero attached hydrogens (tertiary/aromatic N) is 2. The highest BCUT2D eigenvalue weighted by Gasteiger charge is 2.23. The summed E-state index contributed by atoms with van der Waals surface area (Å²) in [5.74, 6) is -0.562. The number of para-hydroxylation sites is 1. The molecule has 1 saturated heterocycles. The Bertz CT molecular complexity index is 1030. The van der Waals surface area contributed by atoms with Gasteiger partial charge in [-0.1, -0.05) is 18.2 Å². The van der Waals surface area contributed by atoms with E-state index >= 15 is 0 Å². The van der Waals surface area contributed by atoms with E-state index in [1.807, 2.05) is 54.1 Å². The molecule has 7 heteroatoms. The molecule has 2 heterocycles. The van der Waals surface area contributed by atoms with Gasteiger partial charge in [0.15, 0.2) is 0 Å². The molecule has 0 spiro atoms. The van der Waals surface area contributed by atoms with Crippen LogP contribution in [0.5, 0.6) is 0 Å². The number of aryl methyl sites for hydroxylation is 1. The molecule has 1 fully saturated rings. The van der Waals surface area contributed by atoms with Gasteiger partial charge in [0.25, 0.3) is 11.8 Å². The number of hydroxylamine groups is 1. The Kier molecular flexibility index (Phi) is 5.22. The molecule has 0 saturated carbocycles. The first kappa shape index (κ1) is 19.0. The molecule has 0 bridgehead atoms. The van der Waals surface area contributed by atoms with Gasteiger partial charge in [-0.05, 0) is 49.2 Å². The van der Waals surface area contributed by atoms with E-state index < -0.39 is 5.91 Å². The fourth-order valence-electron chi connectivity index (χ4n) is 3.94. The minimum Gasteiger partial charge on any atom is -0.371 e. The zero-order valence-electron chi connectivity index (χ0n) is 16.3. The van der Waals surface area contributed by atoms with Crippen LogP contribution in [-0.4, -0.2) is 40.7 Å². The van der Waals surface area contributed by atoms with Gasteiger partial charge >= 0.3 is 0 Å². The summed E-state index contributed by atoms with van der Waals surface area (Å²) in [6, 6.07) is 17.2. The number of benzene rings is 2. The van der Waals surface area contributed by atoms with Crippen molar-refractivity contribution in [3.8, 4) is 0 Å². The SMILES string of the molecule is Cn1c(C(=O)NC2CCN(c3ccc(C(=O)NO)cc3)CC2)cc2ccccc21. The number of hydrogen-bond acceptors (Lipinski definition) is 4. The number of fused-ring (bicyclic) bond motifs is 1. The second kappa shape index (κ2) is 7.97. The average molecular weight is 392 g/mol. The number of aromatic nitrogens is 1. The predicted molar refractivity (Wildman–Crippen MR) is 111 cm³/mol. The van der Waals surface area contributed by atoms with E-state index in [9.17, 15) is 9.59 Å². The summed E-state index contributed by atoms with van der Waals surface area (Å²) in [5.41, 5.74) is 4.79. The topological polar surface area (TPSA) is 86.6 Å². The number of anilines is 1. The third-order valence-corrected chi connectivity index (χ3v) is 5.61. The Labute approximate surface area is 168 Å². The molecule has 0 radical (unpaired) electrons. The third-order valence-electron chi connectivity index (χ3n) is 5.61. The van der Waals surface area contributed by atoms with Crippen molar-refractivity contribution in [2.24, 2.45) is 7.05 Å². The van der Waals surface area contributed by atoms with Gasteiger partial charge in [-0.2, -0.15) is 0 Å². The van der Waals surface area contributed by atoms with Crippen molar-refractivity contribution >= 4 is 28.4 Å². The molecule has 0 atom stereocenters. The number of hydrogen-bond donors (Lipinski definition) is 3. The number of carbonyl (C=O) groups excluding carboxylic acids is 2. The first-order valence-corrected chi connectivity index (χ1v) is 9.71. The second-order valence-electron chi connectivity index (χ2n) is 7.37. The lowest BCUT2D eigenvalue weighted by Gasteiger charge is -2.34. The lowest BCUT2D eigenvalue weighted by molar-refractivity contribution is 0.0706. The smallest absolute Gasteiger partial charge is 0.274 e. The van der Waals surface area contributed by atoms with E-state index in [1.165, 1.54) is 0 Å². The molecule has 1 aliphatic rings. The minimum atomic E-state index is -0.522. The van der Waals surface area contributed by atoms with Gasteiger partial charge in [-0.15, -0.1) is 0 Å². The molecule has 2 amide bonds. The Morgan fingerprint density at radius 1 is 1.00 bits per heavy atom. The Morgan fingerprint density at radius 3 is 2.34 bits per heavy atom. The lowest BCUT2D eigenvalue weighted by atomic mass is 10.0. The van der Waals surface area contributed by atoms with Gasteiger partial charge in [0.2, 0.25) is 0 Å². The normalized spacial score (nSPS) is 14.8. The van der Waals surface area contributed by atoms with Crippen LogP contribution in [0, 0.1) is 0 Å². The molecule has 1 aliphatic heterocycles. The second-order valence-corrected chi connectivity index (χ2v) is 7.37. The molecule has 150 valence electrons. The molecule has 3 aromatic rings. The summed E-state index contributed by atoms with van der Waals surface area (Å²) < 4.78 is 1.93. The summed E-state index contributed by atoms with van der Waals surface area (Å²) in [6.07, 6.45) is 1.71. The maximum atomic E-state index is 12.8. The van der Waals surface area contributed by atoms with Crippen LogP contribution in [-0.2, 0) is 7.05 Å². The molecule has 0 aliphatic carbocycles. The highest BCUT2D eigenvalue weighted by molar-refractivity contribution is 5.98. The van der Waals surface area contributed by atoms with Crippen molar-refractivity contribution < 1.29 is 14.8 Å². The van der Waals surface area contributed by atoms with Crippen LogP contribution in [0.1, 0.15) is 33.7 Å². The Balaban J connectivity index is 1.36. The van der Waals surface area contributed by atoms with Gasteiger partial charge in [0, 0.05) is 48.3 Å².